The summed E-state index contributed by atoms with van der Waals surface area (Å²) in [5.41, 5.74) is 8.02. The number of nitrogens with zero attached hydrogens (tertiary/aromatic N) is 4. The topological polar surface area (TPSA) is 107 Å². The van der Waals surface area contributed by atoms with E-state index in [9.17, 15) is 0 Å². The molecule has 3 heterocycles. The molecule has 0 aliphatic heterocycles. The average molecular weight is 216 g/mol. The Balaban J connectivity index is 2.22. The molecule has 0 spiro atoms. The second-order valence-electron chi connectivity index (χ2n) is 3.37. The van der Waals surface area contributed by atoms with E-state index in [0.29, 0.717) is 28.6 Å². The molecule has 0 saturated heterocycles. The highest BCUT2D eigenvalue weighted by molar-refractivity contribution is 5.81. The maximum absolute atomic E-state index is 5.65. The van der Waals surface area contributed by atoms with Gasteiger partial charge in [-0.3, -0.25) is 5.10 Å². The summed E-state index contributed by atoms with van der Waals surface area (Å²) in [6, 6.07) is 1.83. The van der Waals surface area contributed by atoms with Gasteiger partial charge in [0.2, 0.25) is 5.89 Å². The quantitative estimate of drug-likeness (QED) is 0.625. The summed E-state index contributed by atoms with van der Waals surface area (Å²) in [6.07, 6.45) is 1.34. The molecule has 80 valence electrons. The van der Waals surface area contributed by atoms with Gasteiger partial charge in [0.15, 0.2) is 11.3 Å². The zero-order chi connectivity index (χ0) is 11.1. The van der Waals surface area contributed by atoms with Crippen molar-refractivity contribution in [2.45, 2.75) is 6.92 Å². The van der Waals surface area contributed by atoms with Gasteiger partial charge in [-0.2, -0.15) is 10.1 Å². The number of aromatic nitrogens is 5. The predicted molar refractivity (Wildman–Crippen MR) is 56.3 cm³/mol. The first-order valence-corrected chi connectivity index (χ1v) is 4.63. The van der Waals surface area contributed by atoms with Crippen molar-refractivity contribution in [3.8, 4) is 11.6 Å². The van der Waals surface area contributed by atoms with Crippen molar-refractivity contribution in [1.29, 1.82) is 0 Å². The zero-order valence-corrected chi connectivity index (χ0v) is 8.43. The van der Waals surface area contributed by atoms with Gasteiger partial charge in [-0.1, -0.05) is 0 Å². The van der Waals surface area contributed by atoms with Crippen molar-refractivity contribution in [1.82, 2.24) is 25.1 Å². The molecule has 0 fully saturated rings. The Morgan fingerprint density at radius 2 is 2.25 bits per heavy atom. The van der Waals surface area contributed by atoms with E-state index in [2.05, 4.69) is 25.1 Å². The van der Waals surface area contributed by atoms with Crippen LogP contribution < -0.4 is 5.73 Å². The third-order valence-corrected chi connectivity index (χ3v) is 2.15. The highest BCUT2D eigenvalue weighted by Crippen LogP contribution is 2.23. The van der Waals surface area contributed by atoms with E-state index in [1.54, 1.807) is 0 Å². The van der Waals surface area contributed by atoms with Gasteiger partial charge in [0.05, 0.1) is 0 Å². The van der Waals surface area contributed by atoms with Gasteiger partial charge in [-0.25, -0.2) is 9.97 Å². The number of nitrogen functional groups attached to an aromatic ring is 1. The van der Waals surface area contributed by atoms with E-state index >= 15 is 0 Å². The Labute approximate surface area is 89.7 Å². The lowest BCUT2D eigenvalue weighted by atomic mass is 10.4. The number of aromatic amines is 1. The molecule has 3 N–H and O–H groups in total. The minimum absolute atomic E-state index is 0.298. The van der Waals surface area contributed by atoms with Crippen LogP contribution in [-0.2, 0) is 0 Å². The molecule has 0 amide bonds. The van der Waals surface area contributed by atoms with Gasteiger partial charge in [0, 0.05) is 5.69 Å². The third-order valence-electron chi connectivity index (χ3n) is 2.15. The number of nitrogens with one attached hydrogen (secondary N) is 1. The highest BCUT2D eigenvalue weighted by atomic mass is 16.4. The minimum Gasteiger partial charge on any atom is -0.416 e. The van der Waals surface area contributed by atoms with Crippen molar-refractivity contribution < 1.29 is 4.42 Å². The van der Waals surface area contributed by atoms with Gasteiger partial charge >= 0.3 is 0 Å². The van der Waals surface area contributed by atoms with Crippen molar-refractivity contribution in [3.05, 3.63) is 18.1 Å². The Bertz CT molecular complexity index is 655. The van der Waals surface area contributed by atoms with E-state index in [0.717, 1.165) is 5.69 Å². The van der Waals surface area contributed by atoms with E-state index in [4.69, 9.17) is 10.2 Å². The standard InChI is InChI=1S/C9H8N6O/c1-4-2-5(15-14-4)8-13-6-7(10)11-3-12-9(6)16-8/h2-3H,1H3,(H,14,15)(H2,10,11,12). The van der Waals surface area contributed by atoms with Crippen LogP contribution >= 0.6 is 0 Å². The lowest BCUT2D eigenvalue weighted by molar-refractivity contribution is 0.604. The smallest absolute Gasteiger partial charge is 0.252 e. The second kappa shape index (κ2) is 3.02. The molecule has 7 nitrogen and oxygen atoms in total. The lowest BCUT2D eigenvalue weighted by Gasteiger charge is -1.87. The Hall–Kier alpha value is -2.44. The summed E-state index contributed by atoms with van der Waals surface area (Å²) in [7, 11) is 0. The summed E-state index contributed by atoms with van der Waals surface area (Å²) in [6.45, 7) is 1.90. The summed E-state index contributed by atoms with van der Waals surface area (Å²) < 4.78 is 5.42. The maximum atomic E-state index is 5.65. The zero-order valence-electron chi connectivity index (χ0n) is 8.43. The van der Waals surface area contributed by atoms with Crippen LogP contribution in [0, 0.1) is 6.92 Å². The fraction of sp³-hybridized carbons (Fsp3) is 0.111. The van der Waals surface area contributed by atoms with Crippen LogP contribution in [0.25, 0.3) is 22.8 Å². The summed E-state index contributed by atoms with van der Waals surface area (Å²) in [5, 5.41) is 6.85. The van der Waals surface area contributed by atoms with Gasteiger partial charge in [-0.05, 0) is 13.0 Å². The van der Waals surface area contributed by atoms with E-state index < -0.39 is 0 Å². The van der Waals surface area contributed by atoms with Gasteiger partial charge in [0.25, 0.3) is 5.71 Å². The molecule has 0 aliphatic carbocycles. The molecule has 3 rings (SSSR count). The first-order chi connectivity index (χ1) is 7.74. The first kappa shape index (κ1) is 8.84. The average Bonchev–Trinajstić information content (AvgIpc) is 2.84. The molecular weight excluding hydrogens is 208 g/mol. The molecule has 3 aromatic rings. The number of oxazole rings is 1. The monoisotopic (exact) mass is 216 g/mol. The van der Waals surface area contributed by atoms with Gasteiger partial charge in [0.1, 0.15) is 12.0 Å². The van der Waals surface area contributed by atoms with E-state index in [1.807, 2.05) is 13.0 Å². The number of fused-ring (bicyclic) bond motifs is 1. The van der Waals surface area contributed by atoms with Crippen LogP contribution in [0.2, 0.25) is 0 Å². The van der Waals surface area contributed by atoms with Crippen molar-refractivity contribution in [2.75, 3.05) is 5.73 Å². The molecule has 3 aromatic heterocycles. The van der Waals surface area contributed by atoms with Crippen molar-refractivity contribution >= 4 is 17.0 Å². The number of nitrogens with two attached hydrogens (primary N) is 1. The van der Waals surface area contributed by atoms with Crippen LogP contribution in [0.3, 0.4) is 0 Å². The summed E-state index contributed by atoms with van der Waals surface area (Å²) in [4.78, 5) is 12.0. The molecule has 0 aromatic carbocycles. The molecular formula is C9H8N6O. The van der Waals surface area contributed by atoms with Gasteiger partial charge < -0.3 is 10.2 Å². The van der Waals surface area contributed by atoms with E-state index in [1.165, 1.54) is 6.33 Å². The van der Waals surface area contributed by atoms with Crippen molar-refractivity contribution in [2.24, 2.45) is 0 Å². The Morgan fingerprint density at radius 1 is 1.38 bits per heavy atom. The number of hydrogen-bond donors (Lipinski definition) is 2. The molecule has 16 heavy (non-hydrogen) atoms. The van der Waals surface area contributed by atoms with E-state index in [-0.39, 0.29) is 0 Å². The molecule has 0 atom stereocenters. The van der Waals surface area contributed by atoms with Crippen LogP contribution in [0.1, 0.15) is 5.69 Å². The normalized spacial score (nSPS) is 11.1. The number of H-pyrrole nitrogens is 1. The first-order valence-electron chi connectivity index (χ1n) is 4.63. The largest absolute Gasteiger partial charge is 0.416 e. The summed E-state index contributed by atoms with van der Waals surface area (Å²) in [5.74, 6) is 0.679. The predicted octanol–water partition coefficient (Wildman–Crippen LogP) is 0.899. The third kappa shape index (κ3) is 1.22. The minimum atomic E-state index is 0.298. The highest BCUT2D eigenvalue weighted by Gasteiger charge is 2.13. The fourth-order valence-electron chi connectivity index (χ4n) is 1.41. The molecule has 0 saturated carbocycles. The number of aryl methyl sites for hydroxylation is 1. The molecule has 7 heteroatoms. The number of anilines is 1. The number of rotatable bonds is 1. The van der Waals surface area contributed by atoms with Crippen LogP contribution in [0.4, 0.5) is 5.82 Å². The Morgan fingerprint density at radius 3 is 2.94 bits per heavy atom. The second-order valence-corrected chi connectivity index (χ2v) is 3.37. The number of hydrogen-bond acceptors (Lipinski definition) is 6. The molecule has 0 unspecified atom stereocenters. The SMILES string of the molecule is Cc1cc(-c2nc3c(N)ncnc3o2)n[nH]1. The maximum Gasteiger partial charge on any atom is 0.252 e. The van der Waals surface area contributed by atoms with Crippen LogP contribution in [0.5, 0.6) is 0 Å². The van der Waals surface area contributed by atoms with Crippen LogP contribution in [0.15, 0.2) is 16.8 Å². The fourth-order valence-corrected chi connectivity index (χ4v) is 1.41. The summed E-state index contributed by atoms with van der Waals surface area (Å²) >= 11 is 0. The lowest BCUT2D eigenvalue weighted by Crippen LogP contribution is -1.91. The Kier molecular flexibility index (Phi) is 1.67. The molecule has 0 bridgehead atoms. The molecule has 0 aliphatic rings. The molecule has 0 radical (unpaired) electrons. The van der Waals surface area contributed by atoms with Crippen LogP contribution in [-0.4, -0.2) is 25.1 Å². The van der Waals surface area contributed by atoms with Crippen molar-refractivity contribution in [3.63, 3.8) is 0 Å². The van der Waals surface area contributed by atoms with Gasteiger partial charge in [-0.15, -0.1) is 0 Å².